The third-order valence-corrected chi connectivity index (χ3v) is 5.12. The second-order valence-electron chi connectivity index (χ2n) is 6.93. The SMILES string of the molecule is COc1ccc2c(Oc3ccc(CC(=O)C4(C(=O)O)CC4)cc3)ccnc2c1. The molecule has 1 N–H and O–H groups in total. The number of Topliss-reactive ketones (excluding diaryl/α,β-unsaturated/α-hetero) is 1. The van der Waals surface area contributed by atoms with Crippen molar-refractivity contribution in [2.24, 2.45) is 5.41 Å². The number of hydrogen-bond acceptors (Lipinski definition) is 5. The molecule has 1 saturated carbocycles. The Morgan fingerprint density at radius 1 is 1.07 bits per heavy atom. The Labute approximate surface area is 161 Å². The van der Waals surface area contributed by atoms with Crippen LogP contribution in [0.3, 0.4) is 0 Å². The van der Waals surface area contributed by atoms with Crippen LogP contribution in [0.15, 0.2) is 54.7 Å². The van der Waals surface area contributed by atoms with Gasteiger partial charge >= 0.3 is 5.97 Å². The predicted molar refractivity (Wildman–Crippen MR) is 103 cm³/mol. The molecule has 4 rings (SSSR count). The average Bonchev–Trinajstić information content (AvgIpc) is 3.51. The van der Waals surface area contributed by atoms with Crippen molar-refractivity contribution in [1.82, 2.24) is 4.98 Å². The van der Waals surface area contributed by atoms with Crippen molar-refractivity contribution in [3.05, 3.63) is 60.3 Å². The van der Waals surface area contributed by atoms with Gasteiger partial charge in [-0.3, -0.25) is 14.6 Å². The van der Waals surface area contributed by atoms with Crippen molar-refractivity contribution in [2.75, 3.05) is 7.11 Å². The maximum atomic E-state index is 12.3. The molecule has 1 aromatic heterocycles. The topological polar surface area (TPSA) is 85.7 Å². The monoisotopic (exact) mass is 377 g/mol. The summed E-state index contributed by atoms with van der Waals surface area (Å²) in [6.07, 6.45) is 2.65. The Bertz CT molecular complexity index is 1050. The van der Waals surface area contributed by atoms with Gasteiger partial charge < -0.3 is 14.6 Å². The summed E-state index contributed by atoms with van der Waals surface area (Å²) >= 11 is 0. The molecule has 6 heteroatoms. The van der Waals surface area contributed by atoms with Gasteiger partial charge in [-0.15, -0.1) is 0 Å². The maximum absolute atomic E-state index is 12.3. The summed E-state index contributed by atoms with van der Waals surface area (Å²) in [4.78, 5) is 27.9. The Kier molecular flexibility index (Phi) is 4.47. The van der Waals surface area contributed by atoms with Gasteiger partial charge in [0.05, 0.1) is 12.6 Å². The van der Waals surface area contributed by atoms with E-state index in [1.54, 1.807) is 43.6 Å². The molecule has 1 fully saturated rings. The molecule has 0 saturated heterocycles. The van der Waals surface area contributed by atoms with E-state index < -0.39 is 11.4 Å². The third-order valence-electron chi connectivity index (χ3n) is 5.12. The summed E-state index contributed by atoms with van der Waals surface area (Å²) in [7, 11) is 1.61. The van der Waals surface area contributed by atoms with E-state index in [1.807, 2.05) is 18.2 Å². The largest absolute Gasteiger partial charge is 0.497 e. The lowest BCUT2D eigenvalue weighted by atomic mass is 9.95. The molecule has 2 aromatic carbocycles. The predicted octanol–water partition coefficient (Wildman–Crippen LogP) is 4.01. The minimum Gasteiger partial charge on any atom is -0.497 e. The number of aromatic nitrogens is 1. The summed E-state index contributed by atoms with van der Waals surface area (Å²) < 4.78 is 11.2. The van der Waals surface area contributed by atoms with Gasteiger partial charge in [0.2, 0.25) is 0 Å². The lowest BCUT2D eigenvalue weighted by molar-refractivity contribution is -0.148. The van der Waals surface area contributed by atoms with Gasteiger partial charge in [-0.2, -0.15) is 0 Å². The van der Waals surface area contributed by atoms with E-state index in [0.717, 1.165) is 22.2 Å². The van der Waals surface area contributed by atoms with Gasteiger partial charge in [0.1, 0.15) is 22.7 Å². The highest BCUT2D eigenvalue weighted by Crippen LogP contribution is 2.47. The zero-order valence-corrected chi connectivity index (χ0v) is 15.3. The number of aliphatic carboxylic acids is 1. The number of carboxylic acids is 1. The number of carboxylic acid groups (broad SMARTS) is 1. The molecule has 0 amide bonds. The van der Waals surface area contributed by atoms with Gasteiger partial charge in [0, 0.05) is 24.1 Å². The number of methoxy groups -OCH3 is 1. The summed E-state index contributed by atoms with van der Waals surface area (Å²) in [6, 6.07) is 14.5. The zero-order chi connectivity index (χ0) is 19.7. The van der Waals surface area contributed by atoms with E-state index in [-0.39, 0.29) is 12.2 Å². The first-order valence-corrected chi connectivity index (χ1v) is 8.98. The lowest BCUT2D eigenvalue weighted by Crippen LogP contribution is -2.26. The van der Waals surface area contributed by atoms with E-state index in [4.69, 9.17) is 9.47 Å². The molecule has 1 aliphatic carbocycles. The Morgan fingerprint density at radius 3 is 2.43 bits per heavy atom. The first-order valence-electron chi connectivity index (χ1n) is 8.98. The van der Waals surface area contributed by atoms with E-state index in [9.17, 15) is 14.7 Å². The van der Waals surface area contributed by atoms with Crippen LogP contribution in [-0.2, 0) is 16.0 Å². The quantitative estimate of drug-likeness (QED) is 0.626. The number of pyridine rings is 1. The smallest absolute Gasteiger partial charge is 0.317 e. The molecule has 0 aliphatic heterocycles. The molecule has 3 aromatic rings. The van der Waals surface area contributed by atoms with Crippen LogP contribution >= 0.6 is 0 Å². The second-order valence-corrected chi connectivity index (χ2v) is 6.93. The van der Waals surface area contributed by atoms with Gasteiger partial charge in [-0.25, -0.2) is 0 Å². The van der Waals surface area contributed by atoms with Crippen LogP contribution in [0.2, 0.25) is 0 Å². The summed E-state index contributed by atoms with van der Waals surface area (Å²) in [6.45, 7) is 0. The molecule has 0 unspecified atom stereocenters. The number of nitrogens with zero attached hydrogens (tertiary/aromatic N) is 1. The zero-order valence-electron chi connectivity index (χ0n) is 15.3. The van der Waals surface area contributed by atoms with Gasteiger partial charge in [-0.1, -0.05) is 12.1 Å². The van der Waals surface area contributed by atoms with Crippen LogP contribution in [0, 0.1) is 5.41 Å². The molecule has 0 radical (unpaired) electrons. The molecule has 6 nitrogen and oxygen atoms in total. The van der Waals surface area contributed by atoms with Crippen molar-refractivity contribution in [1.29, 1.82) is 0 Å². The number of ether oxygens (including phenoxy) is 2. The first-order chi connectivity index (χ1) is 13.5. The molecule has 28 heavy (non-hydrogen) atoms. The van der Waals surface area contributed by atoms with Crippen molar-refractivity contribution in [3.63, 3.8) is 0 Å². The summed E-state index contributed by atoms with van der Waals surface area (Å²) in [5.74, 6) is 0.764. The molecule has 0 bridgehead atoms. The molecular weight excluding hydrogens is 358 g/mol. The summed E-state index contributed by atoms with van der Waals surface area (Å²) in [5, 5.41) is 10.1. The van der Waals surface area contributed by atoms with Crippen molar-refractivity contribution < 1.29 is 24.2 Å². The van der Waals surface area contributed by atoms with Crippen LogP contribution in [-0.4, -0.2) is 29.0 Å². The Balaban J connectivity index is 1.50. The molecule has 0 atom stereocenters. The number of ketones is 1. The number of hydrogen-bond donors (Lipinski definition) is 1. The van der Waals surface area contributed by atoms with E-state index in [1.165, 1.54) is 0 Å². The van der Waals surface area contributed by atoms with Crippen molar-refractivity contribution in [3.8, 4) is 17.2 Å². The van der Waals surface area contributed by atoms with E-state index in [0.29, 0.717) is 24.3 Å². The van der Waals surface area contributed by atoms with Crippen LogP contribution in [0.4, 0.5) is 0 Å². The highest BCUT2D eigenvalue weighted by molar-refractivity contribution is 6.06. The maximum Gasteiger partial charge on any atom is 0.317 e. The number of fused-ring (bicyclic) bond motifs is 1. The van der Waals surface area contributed by atoms with E-state index in [2.05, 4.69) is 4.98 Å². The second kappa shape index (κ2) is 6.96. The molecule has 1 heterocycles. The normalized spacial score (nSPS) is 14.5. The van der Waals surface area contributed by atoms with Crippen LogP contribution in [0.1, 0.15) is 18.4 Å². The van der Waals surface area contributed by atoms with Crippen molar-refractivity contribution in [2.45, 2.75) is 19.3 Å². The van der Waals surface area contributed by atoms with E-state index >= 15 is 0 Å². The summed E-state index contributed by atoms with van der Waals surface area (Å²) in [5.41, 5.74) is 0.378. The van der Waals surface area contributed by atoms with Crippen LogP contribution in [0.5, 0.6) is 17.2 Å². The minimum absolute atomic E-state index is 0.116. The van der Waals surface area contributed by atoms with Gasteiger partial charge in [-0.05, 0) is 48.7 Å². The Morgan fingerprint density at radius 2 is 1.79 bits per heavy atom. The number of rotatable bonds is 7. The lowest BCUT2D eigenvalue weighted by Gasteiger charge is -2.11. The molecular formula is C22H19NO5. The third kappa shape index (κ3) is 3.29. The highest BCUT2D eigenvalue weighted by atomic mass is 16.5. The molecule has 0 spiro atoms. The highest BCUT2D eigenvalue weighted by Gasteiger charge is 2.56. The van der Waals surface area contributed by atoms with Crippen molar-refractivity contribution >= 4 is 22.7 Å². The minimum atomic E-state index is -1.16. The van der Waals surface area contributed by atoms with Crippen LogP contribution < -0.4 is 9.47 Å². The number of benzene rings is 2. The first kappa shape index (κ1) is 18.0. The van der Waals surface area contributed by atoms with Gasteiger partial charge in [0.15, 0.2) is 5.78 Å². The number of carbonyl (C=O) groups excluding carboxylic acids is 1. The standard InChI is InChI=1S/C22H19NO5/c1-27-16-6-7-17-18(13-16)23-11-8-19(17)28-15-4-2-14(3-5-15)12-20(24)22(9-10-22)21(25)26/h2-8,11,13H,9-10,12H2,1H3,(H,25,26). The number of carbonyl (C=O) groups is 2. The molecule has 142 valence electrons. The fraction of sp³-hybridized carbons (Fsp3) is 0.227. The Hall–Kier alpha value is -3.41. The fourth-order valence-electron chi connectivity index (χ4n) is 3.21. The van der Waals surface area contributed by atoms with Crippen LogP contribution in [0.25, 0.3) is 10.9 Å². The van der Waals surface area contributed by atoms with Gasteiger partial charge in [0.25, 0.3) is 0 Å². The molecule has 1 aliphatic rings. The fourth-order valence-corrected chi connectivity index (χ4v) is 3.21. The average molecular weight is 377 g/mol.